The number of aromatic nitrogens is 3. The largest absolute Gasteiger partial charge is 0.383 e. The molecule has 0 bridgehead atoms. The monoisotopic (exact) mass is 312 g/mol. The Labute approximate surface area is 127 Å². The first-order chi connectivity index (χ1) is 9.70. The highest BCUT2D eigenvalue weighted by molar-refractivity contribution is 6.35. The summed E-state index contributed by atoms with van der Waals surface area (Å²) in [5.74, 6) is 0.484. The van der Waals surface area contributed by atoms with Crippen molar-refractivity contribution in [3.8, 4) is 11.5 Å². The van der Waals surface area contributed by atoms with Gasteiger partial charge in [-0.2, -0.15) is 0 Å². The first kappa shape index (κ1) is 15.1. The Morgan fingerprint density at radius 3 is 2.90 bits per heavy atom. The lowest BCUT2D eigenvalue weighted by Gasteiger charge is -2.06. The number of nitrogens with one attached hydrogen (secondary N) is 1. The van der Waals surface area contributed by atoms with E-state index in [1.54, 1.807) is 19.4 Å². The van der Waals surface area contributed by atoms with Gasteiger partial charge in [-0.05, 0) is 12.1 Å². The van der Waals surface area contributed by atoms with Gasteiger partial charge in [-0.1, -0.05) is 23.2 Å². The fraction of sp³-hybridized carbons (Fsp3) is 0.308. The molecule has 0 unspecified atom stereocenters. The number of pyridine rings is 1. The van der Waals surface area contributed by atoms with Gasteiger partial charge >= 0.3 is 0 Å². The quantitative estimate of drug-likeness (QED) is 0.831. The van der Waals surface area contributed by atoms with Crippen molar-refractivity contribution in [2.24, 2.45) is 0 Å². The lowest BCUT2D eigenvalue weighted by Crippen LogP contribution is -2.19. The van der Waals surface area contributed by atoms with E-state index in [4.69, 9.17) is 27.9 Å². The Bertz CT molecular complexity index is 580. The molecule has 2 rings (SSSR count). The molecule has 0 amide bonds. The average Bonchev–Trinajstić information content (AvgIpc) is 2.44. The first-order valence-electron chi connectivity index (χ1n) is 6.03. The molecule has 0 radical (unpaired) electrons. The van der Waals surface area contributed by atoms with Crippen molar-refractivity contribution in [3.63, 3.8) is 0 Å². The zero-order valence-electron chi connectivity index (χ0n) is 10.9. The number of methoxy groups -OCH3 is 1. The van der Waals surface area contributed by atoms with Crippen molar-refractivity contribution >= 4 is 23.2 Å². The van der Waals surface area contributed by atoms with Crippen LogP contribution in [0.1, 0.15) is 5.69 Å². The number of rotatable bonds is 6. The molecule has 2 heterocycles. The van der Waals surface area contributed by atoms with Crippen LogP contribution in [0.25, 0.3) is 11.5 Å². The Balaban J connectivity index is 2.12. The maximum Gasteiger partial charge on any atom is 0.179 e. The lowest BCUT2D eigenvalue weighted by atomic mass is 10.3. The molecule has 0 saturated carbocycles. The van der Waals surface area contributed by atoms with Gasteiger partial charge in [-0.3, -0.25) is 0 Å². The minimum atomic E-state index is 0.432. The van der Waals surface area contributed by atoms with Crippen molar-refractivity contribution in [3.05, 3.63) is 40.3 Å². The van der Waals surface area contributed by atoms with Crippen molar-refractivity contribution in [1.82, 2.24) is 20.3 Å². The number of nitrogens with zero attached hydrogens (tertiary/aromatic N) is 3. The summed E-state index contributed by atoms with van der Waals surface area (Å²) in [5.41, 5.74) is 1.38. The van der Waals surface area contributed by atoms with Crippen molar-refractivity contribution in [1.29, 1.82) is 0 Å². The maximum absolute atomic E-state index is 6.10. The summed E-state index contributed by atoms with van der Waals surface area (Å²) in [7, 11) is 1.67. The van der Waals surface area contributed by atoms with Crippen LogP contribution in [0.15, 0.2) is 24.5 Å². The Kier molecular flexibility index (Phi) is 5.67. The van der Waals surface area contributed by atoms with Crippen LogP contribution in [0.5, 0.6) is 0 Å². The fourth-order valence-electron chi connectivity index (χ4n) is 1.58. The predicted octanol–water partition coefficient (Wildman–Crippen LogP) is 2.58. The molecule has 7 heteroatoms. The Hall–Kier alpha value is -1.27. The molecule has 0 saturated heterocycles. The van der Waals surface area contributed by atoms with E-state index in [2.05, 4.69) is 20.3 Å². The van der Waals surface area contributed by atoms with Crippen LogP contribution in [-0.4, -0.2) is 35.2 Å². The van der Waals surface area contributed by atoms with E-state index in [1.165, 1.54) is 6.20 Å². The molecule has 0 aliphatic carbocycles. The molecule has 2 aromatic rings. The van der Waals surface area contributed by atoms with Crippen LogP contribution in [0.4, 0.5) is 0 Å². The van der Waals surface area contributed by atoms with Crippen LogP contribution in [-0.2, 0) is 11.3 Å². The standard InChI is InChI=1S/C13H14Cl2N4O/c1-20-5-4-16-8-10-2-3-17-13(19-10)12-11(15)6-9(14)7-18-12/h2-3,6-7,16H,4-5,8H2,1H3. The van der Waals surface area contributed by atoms with Crippen molar-refractivity contribution in [2.75, 3.05) is 20.3 Å². The summed E-state index contributed by atoms with van der Waals surface area (Å²) in [5, 5.41) is 4.13. The molecule has 0 fully saturated rings. The molecule has 106 valence electrons. The summed E-state index contributed by atoms with van der Waals surface area (Å²) >= 11 is 11.9. The van der Waals surface area contributed by atoms with Gasteiger partial charge < -0.3 is 10.1 Å². The van der Waals surface area contributed by atoms with E-state index in [-0.39, 0.29) is 0 Å². The number of ether oxygens (including phenoxy) is 1. The van der Waals surface area contributed by atoms with E-state index in [0.29, 0.717) is 34.7 Å². The summed E-state index contributed by atoms with van der Waals surface area (Å²) in [6.45, 7) is 2.04. The molecule has 0 aliphatic rings. The fourth-order valence-corrected chi connectivity index (χ4v) is 2.04. The predicted molar refractivity (Wildman–Crippen MR) is 78.9 cm³/mol. The van der Waals surface area contributed by atoms with Crippen LogP contribution in [0.3, 0.4) is 0 Å². The second-order valence-electron chi connectivity index (χ2n) is 4.03. The lowest BCUT2D eigenvalue weighted by molar-refractivity contribution is 0.199. The van der Waals surface area contributed by atoms with E-state index < -0.39 is 0 Å². The summed E-state index contributed by atoms with van der Waals surface area (Å²) < 4.78 is 4.96. The highest BCUT2D eigenvalue weighted by Crippen LogP contribution is 2.25. The summed E-state index contributed by atoms with van der Waals surface area (Å²) in [6.07, 6.45) is 3.21. The normalized spacial score (nSPS) is 10.8. The van der Waals surface area contributed by atoms with Crippen molar-refractivity contribution in [2.45, 2.75) is 6.54 Å². The van der Waals surface area contributed by atoms with Gasteiger partial charge in [0.2, 0.25) is 0 Å². The zero-order chi connectivity index (χ0) is 14.4. The van der Waals surface area contributed by atoms with Gasteiger partial charge in [0, 0.05) is 32.6 Å². The molecular formula is C13H14Cl2N4O. The van der Waals surface area contributed by atoms with Gasteiger partial charge in [-0.25, -0.2) is 15.0 Å². The minimum absolute atomic E-state index is 0.432. The highest BCUT2D eigenvalue weighted by atomic mass is 35.5. The molecule has 0 atom stereocenters. The van der Waals surface area contributed by atoms with Crippen molar-refractivity contribution < 1.29 is 4.74 Å². The minimum Gasteiger partial charge on any atom is -0.383 e. The van der Waals surface area contributed by atoms with Gasteiger partial charge in [0.1, 0.15) is 5.69 Å². The average molecular weight is 313 g/mol. The number of hydrogen-bond donors (Lipinski definition) is 1. The molecular weight excluding hydrogens is 299 g/mol. The molecule has 1 N–H and O–H groups in total. The van der Waals surface area contributed by atoms with Gasteiger partial charge in [0.25, 0.3) is 0 Å². The summed E-state index contributed by atoms with van der Waals surface area (Å²) in [6, 6.07) is 3.46. The van der Waals surface area contributed by atoms with Crippen LogP contribution in [0.2, 0.25) is 10.0 Å². The van der Waals surface area contributed by atoms with Gasteiger partial charge in [0.05, 0.1) is 22.3 Å². The third kappa shape index (κ3) is 4.11. The topological polar surface area (TPSA) is 59.9 Å². The SMILES string of the molecule is COCCNCc1ccnc(-c2ncc(Cl)cc2Cl)n1. The molecule has 20 heavy (non-hydrogen) atoms. The Morgan fingerprint density at radius 2 is 2.15 bits per heavy atom. The molecule has 0 aliphatic heterocycles. The third-order valence-corrected chi connectivity index (χ3v) is 3.02. The summed E-state index contributed by atoms with van der Waals surface area (Å²) in [4.78, 5) is 12.8. The van der Waals surface area contributed by atoms with Crippen LogP contribution < -0.4 is 5.32 Å². The smallest absolute Gasteiger partial charge is 0.179 e. The first-order valence-corrected chi connectivity index (χ1v) is 6.79. The van der Waals surface area contributed by atoms with E-state index in [0.717, 1.165) is 12.2 Å². The van der Waals surface area contributed by atoms with E-state index in [1.807, 2.05) is 6.07 Å². The maximum atomic E-state index is 6.10. The van der Waals surface area contributed by atoms with Gasteiger partial charge in [-0.15, -0.1) is 0 Å². The van der Waals surface area contributed by atoms with Crippen LogP contribution in [0, 0.1) is 0 Å². The Morgan fingerprint density at radius 1 is 1.30 bits per heavy atom. The van der Waals surface area contributed by atoms with E-state index >= 15 is 0 Å². The molecule has 2 aromatic heterocycles. The highest BCUT2D eigenvalue weighted by Gasteiger charge is 2.09. The van der Waals surface area contributed by atoms with Gasteiger partial charge in [0.15, 0.2) is 5.82 Å². The molecule has 5 nitrogen and oxygen atoms in total. The second kappa shape index (κ2) is 7.50. The third-order valence-electron chi connectivity index (χ3n) is 2.52. The second-order valence-corrected chi connectivity index (χ2v) is 4.87. The number of hydrogen-bond acceptors (Lipinski definition) is 5. The molecule has 0 aromatic carbocycles. The molecule has 0 spiro atoms. The number of halogens is 2. The van der Waals surface area contributed by atoms with E-state index in [9.17, 15) is 0 Å². The zero-order valence-corrected chi connectivity index (χ0v) is 12.4. The van der Waals surface area contributed by atoms with Crippen LogP contribution >= 0.6 is 23.2 Å².